The minimum atomic E-state index is -0.870. The molecule has 2 N–H and O–H groups in total. The van der Waals surface area contributed by atoms with Gasteiger partial charge in [-0.05, 0) is 24.7 Å². The minimum absolute atomic E-state index is 0.136. The van der Waals surface area contributed by atoms with Gasteiger partial charge < -0.3 is 19.7 Å². The molecule has 4 atom stereocenters. The molecule has 0 saturated heterocycles. The van der Waals surface area contributed by atoms with Crippen molar-refractivity contribution < 1.29 is 19.0 Å². The van der Waals surface area contributed by atoms with Gasteiger partial charge in [0.2, 0.25) is 5.91 Å². The van der Waals surface area contributed by atoms with Crippen LogP contribution in [0.4, 0.5) is 4.39 Å². The molecule has 1 fully saturated rings. The van der Waals surface area contributed by atoms with Crippen molar-refractivity contribution >= 4 is 5.91 Å². The number of aliphatic hydroxyl groups excluding tert-OH is 1. The molecule has 0 aliphatic heterocycles. The van der Waals surface area contributed by atoms with Gasteiger partial charge in [-0.3, -0.25) is 9.69 Å². The van der Waals surface area contributed by atoms with Crippen molar-refractivity contribution in [3.05, 3.63) is 84.7 Å². The van der Waals surface area contributed by atoms with E-state index in [0.717, 1.165) is 5.56 Å². The zero-order valence-electron chi connectivity index (χ0n) is 17.8. The lowest BCUT2D eigenvalue weighted by Gasteiger charge is -2.32. The summed E-state index contributed by atoms with van der Waals surface area (Å²) in [5.41, 5.74) is 1.10. The Morgan fingerprint density at radius 1 is 1.28 bits per heavy atom. The Bertz CT molecular complexity index is 1020. The number of halogens is 1. The van der Waals surface area contributed by atoms with Crippen LogP contribution in [-0.2, 0) is 17.9 Å². The smallest absolute Gasteiger partial charge is 0.240 e. The summed E-state index contributed by atoms with van der Waals surface area (Å²) in [5, 5.41) is 14.2. The molecular weight excluding hydrogens is 411 g/mol. The number of amides is 1. The molecule has 1 amide bonds. The number of nitrogens with zero attached hydrogens (tertiary/aromatic N) is 3. The van der Waals surface area contributed by atoms with E-state index < -0.39 is 18.0 Å². The van der Waals surface area contributed by atoms with E-state index in [1.54, 1.807) is 35.4 Å². The van der Waals surface area contributed by atoms with Crippen LogP contribution in [0.3, 0.4) is 0 Å². The van der Waals surface area contributed by atoms with Gasteiger partial charge in [-0.15, -0.1) is 0 Å². The van der Waals surface area contributed by atoms with Crippen molar-refractivity contribution in [1.82, 2.24) is 19.8 Å². The first-order valence-electron chi connectivity index (χ1n) is 10.6. The molecule has 8 heteroatoms. The molecule has 0 bridgehead atoms. The molecule has 168 valence electrons. The third kappa shape index (κ3) is 5.33. The highest BCUT2D eigenvalue weighted by Gasteiger charge is 2.46. The van der Waals surface area contributed by atoms with Gasteiger partial charge in [-0.1, -0.05) is 36.4 Å². The van der Waals surface area contributed by atoms with Crippen LogP contribution < -0.4 is 10.1 Å². The SMILES string of the molecule is CN(Cc1ccccc1)[C@@H]1[C@@H](O)[C@H](Oc2cccc(F)c2)C[C@H]1NC(=O)Cn1ccnc1. The van der Waals surface area contributed by atoms with Crippen molar-refractivity contribution in [1.29, 1.82) is 0 Å². The summed E-state index contributed by atoms with van der Waals surface area (Å²) >= 11 is 0. The zero-order chi connectivity index (χ0) is 22.5. The van der Waals surface area contributed by atoms with Crippen molar-refractivity contribution in [3.63, 3.8) is 0 Å². The van der Waals surface area contributed by atoms with Gasteiger partial charge in [0.15, 0.2) is 0 Å². The van der Waals surface area contributed by atoms with Crippen LogP contribution in [0.15, 0.2) is 73.3 Å². The van der Waals surface area contributed by atoms with E-state index in [9.17, 15) is 14.3 Å². The molecule has 1 aliphatic rings. The number of nitrogens with one attached hydrogen (secondary N) is 1. The molecule has 2 aromatic carbocycles. The predicted octanol–water partition coefficient (Wildman–Crippen LogP) is 2.22. The van der Waals surface area contributed by atoms with Gasteiger partial charge in [-0.25, -0.2) is 9.37 Å². The molecule has 1 aromatic heterocycles. The molecule has 4 rings (SSSR count). The van der Waals surface area contributed by atoms with Crippen LogP contribution in [0.25, 0.3) is 0 Å². The zero-order valence-corrected chi connectivity index (χ0v) is 17.8. The fourth-order valence-corrected chi connectivity index (χ4v) is 4.31. The number of aliphatic hydroxyl groups is 1. The molecule has 1 aliphatic carbocycles. The Morgan fingerprint density at radius 3 is 2.81 bits per heavy atom. The Labute approximate surface area is 186 Å². The first kappa shape index (κ1) is 22.0. The molecule has 3 aromatic rings. The average molecular weight is 439 g/mol. The maximum Gasteiger partial charge on any atom is 0.240 e. The van der Waals surface area contributed by atoms with E-state index in [-0.39, 0.29) is 24.5 Å². The average Bonchev–Trinajstić information content (AvgIpc) is 3.37. The van der Waals surface area contributed by atoms with E-state index in [1.807, 2.05) is 42.3 Å². The lowest BCUT2D eigenvalue weighted by molar-refractivity contribution is -0.122. The number of ether oxygens (including phenoxy) is 1. The van der Waals surface area contributed by atoms with E-state index in [1.165, 1.54) is 12.1 Å². The lowest BCUT2D eigenvalue weighted by atomic mass is 10.1. The number of hydrogen-bond acceptors (Lipinski definition) is 5. The second-order valence-electron chi connectivity index (χ2n) is 8.14. The number of imidazole rings is 1. The summed E-state index contributed by atoms with van der Waals surface area (Å²) in [6, 6.07) is 15.1. The van der Waals surface area contributed by atoms with Gasteiger partial charge >= 0.3 is 0 Å². The summed E-state index contributed by atoms with van der Waals surface area (Å²) in [6.07, 6.45) is 3.86. The van der Waals surface area contributed by atoms with Crippen LogP contribution in [0, 0.1) is 5.82 Å². The lowest BCUT2D eigenvalue weighted by Crippen LogP contribution is -2.52. The van der Waals surface area contributed by atoms with Gasteiger partial charge in [0.1, 0.15) is 30.3 Å². The number of likely N-dealkylation sites (N-methyl/N-ethyl adjacent to an activating group) is 1. The van der Waals surface area contributed by atoms with Crippen LogP contribution in [0.2, 0.25) is 0 Å². The van der Waals surface area contributed by atoms with Crippen molar-refractivity contribution in [2.24, 2.45) is 0 Å². The molecule has 32 heavy (non-hydrogen) atoms. The second-order valence-corrected chi connectivity index (χ2v) is 8.14. The quantitative estimate of drug-likeness (QED) is 0.564. The number of carbonyl (C=O) groups excluding carboxylic acids is 1. The molecule has 7 nitrogen and oxygen atoms in total. The largest absolute Gasteiger partial charge is 0.487 e. The van der Waals surface area contributed by atoms with Gasteiger partial charge in [0.25, 0.3) is 0 Å². The summed E-state index contributed by atoms with van der Waals surface area (Å²) < 4.78 is 21.2. The van der Waals surface area contributed by atoms with Crippen LogP contribution >= 0.6 is 0 Å². The maximum atomic E-state index is 13.6. The Kier molecular flexibility index (Phi) is 6.82. The van der Waals surface area contributed by atoms with E-state index in [2.05, 4.69) is 10.3 Å². The normalized spacial score (nSPS) is 22.8. The van der Waals surface area contributed by atoms with E-state index >= 15 is 0 Å². The summed E-state index contributed by atoms with van der Waals surface area (Å²) in [6.45, 7) is 0.736. The monoisotopic (exact) mass is 438 g/mol. The fraction of sp³-hybridized carbons (Fsp3) is 0.333. The third-order valence-corrected chi connectivity index (χ3v) is 5.73. The second kappa shape index (κ2) is 9.93. The minimum Gasteiger partial charge on any atom is -0.487 e. The van der Waals surface area contributed by atoms with Crippen LogP contribution in [-0.4, -0.2) is 56.8 Å². The third-order valence-electron chi connectivity index (χ3n) is 5.73. The van der Waals surface area contributed by atoms with Crippen LogP contribution in [0.5, 0.6) is 5.75 Å². The predicted molar refractivity (Wildman–Crippen MR) is 117 cm³/mol. The number of carbonyl (C=O) groups is 1. The highest BCUT2D eigenvalue weighted by molar-refractivity contribution is 5.76. The topological polar surface area (TPSA) is 79.6 Å². The highest BCUT2D eigenvalue weighted by atomic mass is 19.1. The first-order chi connectivity index (χ1) is 15.5. The molecule has 0 unspecified atom stereocenters. The van der Waals surface area contributed by atoms with E-state index in [4.69, 9.17) is 4.74 Å². The molecule has 1 heterocycles. The number of hydrogen-bond donors (Lipinski definition) is 2. The Morgan fingerprint density at radius 2 is 2.09 bits per heavy atom. The van der Waals surface area contributed by atoms with Gasteiger partial charge in [0, 0.05) is 31.4 Å². The van der Waals surface area contributed by atoms with E-state index in [0.29, 0.717) is 18.7 Å². The van der Waals surface area contributed by atoms with Crippen molar-refractivity contribution in [2.75, 3.05) is 7.05 Å². The number of benzene rings is 2. The molecule has 0 radical (unpaired) electrons. The Balaban J connectivity index is 1.50. The summed E-state index contributed by atoms with van der Waals surface area (Å²) in [4.78, 5) is 18.6. The van der Waals surface area contributed by atoms with Crippen LogP contribution in [0.1, 0.15) is 12.0 Å². The summed E-state index contributed by atoms with van der Waals surface area (Å²) in [7, 11) is 1.92. The maximum absolute atomic E-state index is 13.6. The summed E-state index contributed by atoms with van der Waals surface area (Å²) in [5.74, 6) is -0.230. The Hall–Kier alpha value is -3.23. The molecular formula is C24H27FN4O3. The fourth-order valence-electron chi connectivity index (χ4n) is 4.31. The first-order valence-corrected chi connectivity index (χ1v) is 10.6. The number of aromatic nitrogens is 2. The standard InChI is InChI=1S/C24H27FN4O3/c1-28(14-17-6-3-2-4-7-17)23-20(27-22(30)15-29-11-10-26-16-29)13-21(24(23)31)32-19-9-5-8-18(25)12-19/h2-12,16,20-21,23-24,31H,13-15H2,1H3,(H,27,30)/t20-,21-,23+,24+/m1/s1. The molecule has 0 spiro atoms. The van der Waals surface area contributed by atoms with Gasteiger partial charge in [0.05, 0.1) is 18.4 Å². The molecule has 1 saturated carbocycles. The highest BCUT2D eigenvalue weighted by Crippen LogP contribution is 2.30. The van der Waals surface area contributed by atoms with Gasteiger partial charge in [-0.2, -0.15) is 0 Å². The van der Waals surface area contributed by atoms with Crippen molar-refractivity contribution in [3.8, 4) is 5.75 Å². The van der Waals surface area contributed by atoms with Crippen molar-refractivity contribution in [2.45, 2.75) is 43.8 Å². The number of rotatable bonds is 8.